The van der Waals surface area contributed by atoms with Gasteiger partial charge in [-0.15, -0.1) is 0 Å². The van der Waals surface area contributed by atoms with Crippen molar-refractivity contribution < 1.29 is 20.1 Å². The minimum Gasteiger partial charge on any atom is -0.481 e. The highest BCUT2D eigenvalue weighted by molar-refractivity contribution is 5.66. The molecule has 0 aromatic heterocycles. The summed E-state index contributed by atoms with van der Waals surface area (Å²) in [5.41, 5.74) is 0.216. The highest BCUT2D eigenvalue weighted by Crippen LogP contribution is 2.68. The molecule has 0 aromatic rings. The standard InChI is InChI=1S/C24H40O4/c1-14(4-9-22(27)28)18-7-8-19-17-6-5-15-12-16(25)10-11-23(15,2)20(17)13-21(26)24(18,19)3/h14-21,25-26H,4-13H2,1-3H3,(H,27,28)/t14-,15-,16-,17+,18+,19+,20-,21+,23+,24+/m1/s1. The Kier molecular flexibility index (Phi) is 5.36. The number of carbonyl (C=O) groups is 1. The van der Waals surface area contributed by atoms with Gasteiger partial charge in [0.05, 0.1) is 12.2 Å². The Labute approximate surface area is 170 Å². The molecule has 0 aromatic carbocycles. The number of fused-ring (bicyclic) bond motifs is 5. The van der Waals surface area contributed by atoms with Gasteiger partial charge < -0.3 is 15.3 Å². The van der Waals surface area contributed by atoms with Gasteiger partial charge in [0.15, 0.2) is 0 Å². The van der Waals surface area contributed by atoms with Crippen molar-refractivity contribution in [2.75, 3.05) is 0 Å². The topological polar surface area (TPSA) is 77.8 Å². The maximum atomic E-state index is 11.5. The Balaban J connectivity index is 1.56. The van der Waals surface area contributed by atoms with Gasteiger partial charge in [-0.1, -0.05) is 20.8 Å². The average molecular weight is 393 g/mol. The van der Waals surface area contributed by atoms with Crippen LogP contribution in [0.15, 0.2) is 0 Å². The van der Waals surface area contributed by atoms with Crippen molar-refractivity contribution in [3.63, 3.8) is 0 Å². The first kappa shape index (κ1) is 20.7. The molecule has 4 heteroatoms. The van der Waals surface area contributed by atoms with Crippen molar-refractivity contribution in [1.29, 1.82) is 0 Å². The van der Waals surface area contributed by atoms with E-state index < -0.39 is 5.97 Å². The van der Waals surface area contributed by atoms with Crippen LogP contribution in [0.4, 0.5) is 0 Å². The van der Waals surface area contributed by atoms with Gasteiger partial charge in [0.1, 0.15) is 0 Å². The molecule has 4 saturated carbocycles. The highest BCUT2D eigenvalue weighted by Gasteiger charge is 2.63. The van der Waals surface area contributed by atoms with E-state index in [1.807, 2.05) is 0 Å². The number of carboxylic acids is 1. The molecule has 4 aliphatic rings. The van der Waals surface area contributed by atoms with Gasteiger partial charge in [0.2, 0.25) is 0 Å². The van der Waals surface area contributed by atoms with Crippen LogP contribution in [0.5, 0.6) is 0 Å². The summed E-state index contributed by atoms with van der Waals surface area (Å²) >= 11 is 0. The van der Waals surface area contributed by atoms with Crippen molar-refractivity contribution in [2.45, 2.75) is 97.2 Å². The minimum atomic E-state index is -0.707. The lowest BCUT2D eigenvalue weighted by Crippen LogP contribution is -2.58. The fraction of sp³-hybridized carbons (Fsp3) is 0.958. The molecule has 28 heavy (non-hydrogen) atoms. The molecular weight excluding hydrogens is 352 g/mol. The summed E-state index contributed by atoms with van der Waals surface area (Å²) in [6.45, 7) is 6.99. The molecule has 0 saturated heterocycles. The number of aliphatic hydroxyl groups excluding tert-OH is 2. The summed E-state index contributed by atoms with van der Waals surface area (Å²) in [6, 6.07) is 0. The average Bonchev–Trinajstić information content (AvgIpc) is 3.00. The SMILES string of the molecule is C[C@H](CCC(=O)O)[C@@H]1CC[C@H]2[C@@H]3CC[C@@H]4C[C@H](O)CC[C@]4(C)[C@@H]3C[C@H](O)[C@]21C. The molecule has 0 aliphatic heterocycles. The van der Waals surface area contributed by atoms with Crippen molar-refractivity contribution in [1.82, 2.24) is 0 Å². The monoisotopic (exact) mass is 392 g/mol. The molecule has 0 spiro atoms. The zero-order valence-corrected chi connectivity index (χ0v) is 17.9. The zero-order chi connectivity index (χ0) is 20.3. The van der Waals surface area contributed by atoms with E-state index in [1.54, 1.807) is 0 Å². The van der Waals surface area contributed by atoms with Crippen LogP contribution < -0.4 is 0 Å². The Morgan fingerprint density at radius 1 is 1.04 bits per heavy atom. The number of hydrogen-bond acceptors (Lipinski definition) is 3. The Morgan fingerprint density at radius 2 is 1.79 bits per heavy atom. The summed E-state index contributed by atoms with van der Waals surface area (Å²) in [6.07, 6.45) is 9.26. The van der Waals surface area contributed by atoms with E-state index in [9.17, 15) is 15.0 Å². The van der Waals surface area contributed by atoms with Gasteiger partial charge in [-0.25, -0.2) is 0 Å². The summed E-state index contributed by atoms with van der Waals surface area (Å²) in [5, 5.41) is 30.8. The van der Waals surface area contributed by atoms with Gasteiger partial charge in [-0.3, -0.25) is 4.79 Å². The summed E-state index contributed by atoms with van der Waals surface area (Å²) in [7, 11) is 0. The van der Waals surface area contributed by atoms with Crippen LogP contribution in [0.1, 0.15) is 85.0 Å². The van der Waals surface area contributed by atoms with Gasteiger partial charge in [0.25, 0.3) is 0 Å². The first-order chi connectivity index (χ1) is 13.2. The summed E-state index contributed by atoms with van der Waals surface area (Å²) < 4.78 is 0. The van der Waals surface area contributed by atoms with Crippen LogP contribution in [0.25, 0.3) is 0 Å². The first-order valence-corrected chi connectivity index (χ1v) is 11.8. The molecule has 0 radical (unpaired) electrons. The van der Waals surface area contributed by atoms with Gasteiger partial charge in [0, 0.05) is 6.42 Å². The van der Waals surface area contributed by atoms with Gasteiger partial charge in [-0.2, -0.15) is 0 Å². The Bertz CT molecular complexity index is 605. The second kappa shape index (κ2) is 7.27. The fourth-order valence-electron chi connectivity index (χ4n) is 8.71. The minimum absolute atomic E-state index is 0.0591. The predicted molar refractivity (Wildman–Crippen MR) is 109 cm³/mol. The largest absolute Gasteiger partial charge is 0.481 e. The van der Waals surface area contributed by atoms with Crippen LogP contribution in [-0.2, 0) is 4.79 Å². The smallest absolute Gasteiger partial charge is 0.303 e. The predicted octanol–water partition coefficient (Wildman–Crippen LogP) is 4.48. The first-order valence-electron chi connectivity index (χ1n) is 11.8. The molecule has 0 unspecified atom stereocenters. The van der Waals surface area contributed by atoms with Gasteiger partial charge in [-0.05, 0) is 104 Å². The number of aliphatic carboxylic acids is 1. The number of carboxylic acid groups (broad SMARTS) is 1. The molecule has 4 aliphatic carbocycles. The number of hydrogen-bond donors (Lipinski definition) is 3. The molecule has 4 nitrogen and oxygen atoms in total. The third-order valence-electron chi connectivity index (χ3n) is 10.3. The second-order valence-electron chi connectivity index (χ2n) is 11.3. The van der Waals surface area contributed by atoms with Crippen LogP contribution in [0.2, 0.25) is 0 Å². The lowest BCUT2D eigenvalue weighted by molar-refractivity contribution is -0.175. The van der Waals surface area contributed by atoms with Crippen LogP contribution >= 0.6 is 0 Å². The summed E-state index contributed by atoms with van der Waals surface area (Å²) in [5.74, 6) is 2.55. The quantitative estimate of drug-likeness (QED) is 0.659. The van der Waals surface area contributed by atoms with Crippen LogP contribution in [0.3, 0.4) is 0 Å². The van der Waals surface area contributed by atoms with Crippen LogP contribution in [-0.4, -0.2) is 33.5 Å². The van der Waals surface area contributed by atoms with E-state index in [2.05, 4.69) is 20.8 Å². The molecular formula is C24H40O4. The maximum Gasteiger partial charge on any atom is 0.303 e. The molecule has 4 rings (SSSR count). The highest BCUT2D eigenvalue weighted by atomic mass is 16.4. The number of aliphatic hydroxyl groups is 2. The molecule has 0 heterocycles. The van der Waals surface area contributed by atoms with E-state index in [0.717, 1.165) is 38.5 Å². The molecule has 10 atom stereocenters. The van der Waals surface area contributed by atoms with E-state index in [0.29, 0.717) is 35.5 Å². The lowest BCUT2D eigenvalue weighted by Gasteiger charge is -2.62. The van der Waals surface area contributed by atoms with E-state index >= 15 is 0 Å². The van der Waals surface area contributed by atoms with Crippen molar-refractivity contribution in [2.24, 2.45) is 46.3 Å². The van der Waals surface area contributed by atoms with E-state index in [4.69, 9.17) is 5.11 Å². The maximum absolute atomic E-state index is 11.5. The number of rotatable bonds is 4. The third-order valence-corrected chi connectivity index (χ3v) is 10.3. The zero-order valence-electron chi connectivity index (χ0n) is 17.9. The second-order valence-corrected chi connectivity index (χ2v) is 11.3. The molecule has 4 fully saturated rings. The normalized spacial score (nSPS) is 51.7. The Morgan fingerprint density at radius 3 is 2.50 bits per heavy atom. The van der Waals surface area contributed by atoms with E-state index in [-0.39, 0.29) is 29.5 Å². The van der Waals surface area contributed by atoms with Crippen LogP contribution in [0, 0.1) is 46.3 Å². The van der Waals surface area contributed by atoms with Crippen molar-refractivity contribution in [3.8, 4) is 0 Å². The lowest BCUT2D eigenvalue weighted by atomic mass is 9.43. The molecule has 0 bridgehead atoms. The van der Waals surface area contributed by atoms with Crippen molar-refractivity contribution in [3.05, 3.63) is 0 Å². The molecule has 3 N–H and O–H groups in total. The molecule has 160 valence electrons. The summed E-state index contributed by atoms with van der Waals surface area (Å²) in [4.78, 5) is 11.1. The third kappa shape index (κ3) is 3.05. The van der Waals surface area contributed by atoms with Crippen molar-refractivity contribution >= 4 is 5.97 Å². The van der Waals surface area contributed by atoms with E-state index in [1.165, 1.54) is 19.3 Å². The Hall–Kier alpha value is -0.610. The van der Waals surface area contributed by atoms with Gasteiger partial charge >= 0.3 is 5.97 Å². The fourth-order valence-corrected chi connectivity index (χ4v) is 8.71. The molecule has 0 amide bonds.